The Morgan fingerprint density at radius 2 is 2.00 bits per heavy atom. The van der Waals surface area contributed by atoms with Gasteiger partial charge >= 0.3 is 0 Å². The molecule has 0 aromatic heterocycles. The number of nitrogens with two attached hydrogens (primary N) is 1. The van der Waals surface area contributed by atoms with Gasteiger partial charge in [0.25, 0.3) is 0 Å². The van der Waals surface area contributed by atoms with E-state index >= 15 is 0 Å². The highest BCUT2D eigenvalue weighted by molar-refractivity contribution is 14.0. The molecule has 20 heavy (non-hydrogen) atoms. The van der Waals surface area contributed by atoms with Crippen LogP contribution in [0, 0.1) is 5.92 Å². The number of aryl methyl sites for hydroxylation is 1. The summed E-state index contributed by atoms with van der Waals surface area (Å²) in [6, 6.07) is 7.33. The number of hydrogen-bond donors (Lipinski definition) is 3. The Kier molecular flexibility index (Phi) is 7.72. The lowest BCUT2D eigenvalue weighted by Gasteiger charge is -2.23. The van der Waals surface area contributed by atoms with E-state index in [0.29, 0.717) is 11.7 Å². The lowest BCUT2D eigenvalue weighted by molar-refractivity contribution is 0.326. The molecule has 2 rings (SSSR count). The third kappa shape index (κ3) is 5.98. The maximum absolute atomic E-state index is 9.19. The standard InChI is InChI=1S/C15H23N3O.HI/c16-15(18-11-13-3-1-4-13)17-10-2-5-12-6-8-14(19)9-7-12;/h6-9,13,19H,1-5,10-11H2,(H3,16,17,18);1H. The number of hydrogen-bond acceptors (Lipinski definition) is 2. The number of benzene rings is 1. The van der Waals surface area contributed by atoms with Crippen molar-refractivity contribution in [3.8, 4) is 5.75 Å². The van der Waals surface area contributed by atoms with Crippen molar-refractivity contribution in [2.75, 3.05) is 13.1 Å². The number of nitrogens with zero attached hydrogens (tertiary/aromatic N) is 1. The van der Waals surface area contributed by atoms with E-state index in [2.05, 4.69) is 10.3 Å². The molecule has 1 aliphatic carbocycles. The summed E-state index contributed by atoms with van der Waals surface area (Å²) in [5, 5.41) is 12.3. The first-order valence-corrected chi connectivity index (χ1v) is 7.06. The van der Waals surface area contributed by atoms with Gasteiger partial charge in [0.2, 0.25) is 0 Å². The van der Waals surface area contributed by atoms with E-state index in [1.807, 2.05) is 12.1 Å². The van der Waals surface area contributed by atoms with Crippen molar-refractivity contribution in [2.24, 2.45) is 16.6 Å². The van der Waals surface area contributed by atoms with Crippen molar-refractivity contribution in [1.29, 1.82) is 0 Å². The number of rotatable bonds is 6. The molecule has 1 aliphatic rings. The molecule has 1 aromatic carbocycles. The maximum atomic E-state index is 9.19. The van der Waals surface area contributed by atoms with E-state index in [1.165, 1.54) is 24.8 Å². The second kappa shape index (κ2) is 9.05. The van der Waals surface area contributed by atoms with Gasteiger partial charge < -0.3 is 16.2 Å². The zero-order valence-electron chi connectivity index (χ0n) is 11.7. The molecule has 1 aromatic rings. The molecule has 4 nitrogen and oxygen atoms in total. The van der Waals surface area contributed by atoms with Gasteiger partial charge in [-0.3, -0.25) is 4.99 Å². The van der Waals surface area contributed by atoms with Crippen LogP contribution in [0.4, 0.5) is 0 Å². The number of guanidine groups is 1. The summed E-state index contributed by atoms with van der Waals surface area (Å²) in [5.74, 6) is 1.64. The van der Waals surface area contributed by atoms with Crippen LogP contribution in [0.2, 0.25) is 0 Å². The smallest absolute Gasteiger partial charge is 0.188 e. The molecule has 0 aliphatic heterocycles. The molecule has 4 N–H and O–H groups in total. The third-order valence-corrected chi connectivity index (χ3v) is 3.63. The molecule has 0 atom stereocenters. The number of phenolic OH excluding ortho intramolecular Hbond substituents is 1. The second-order valence-corrected chi connectivity index (χ2v) is 5.22. The van der Waals surface area contributed by atoms with Gasteiger partial charge in [-0.2, -0.15) is 0 Å². The quantitative estimate of drug-likeness (QED) is 0.303. The van der Waals surface area contributed by atoms with E-state index in [1.54, 1.807) is 12.1 Å². The zero-order chi connectivity index (χ0) is 13.5. The Bertz CT molecular complexity index is 416. The summed E-state index contributed by atoms with van der Waals surface area (Å²) in [7, 11) is 0. The monoisotopic (exact) mass is 389 g/mol. The maximum Gasteiger partial charge on any atom is 0.188 e. The zero-order valence-corrected chi connectivity index (χ0v) is 14.0. The van der Waals surface area contributed by atoms with E-state index in [0.717, 1.165) is 31.8 Å². The minimum atomic E-state index is 0. The fraction of sp³-hybridized carbons (Fsp3) is 0.533. The first kappa shape index (κ1) is 17.1. The Balaban J connectivity index is 0.00000200. The molecular weight excluding hydrogens is 365 g/mol. The average Bonchev–Trinajstić information content (AvgIpc) is 2.35. The number of aromatic hydroxyl groups is 1. The lowest BCUT2D eigenvalue weighted by Crippen LogP contribution is -2.33. The number of aliphatic imine (C=N–C) groups is 1. The van der Waals surface area contributed by atoms with Crippen LogP contribution in [0.3, 0.4) is 0 Å². The highest BCUT2D eigenvalue weighted by Gasteiger charge is 2.16. The van der Waals surface area contributed by atoms with Crippen molar-refractivity contribution in [2.45, 2.75) is 32.1 Å². The SMILES string of the molecule is I.NC(=NCC1CCC1)NCCCc1ccc(O)cc1. The van der Waals surface area contributed by atoms with Crippen molar-refractivity contribution in [1.82, 2.24) is 5.32 Å². The van der Waals surface area contributed by atoms with Crippen molar-refractivity contribution in [3.63, 3.8) is 0 Å². The Hall–Kier alpha value is -0.980. The molecule has 0 radical (unpaired) electrons. The Morgan fingerprint density at radius 1 is 1.30 bits per heavy atom. The van der Waals surface area contributed by atoms with Gasteiger partial charge in [0.1, 0.15) is 5.75 Å². The highest BCUT2D eigenvalue weighted by Crippen LogP contribution is 2.26. The Morgan fingerprint density at radius 3 is 2.60 bits per heavy atom. The molecule has 0 heterocycles. The molecular formula is C15H24IN3O. The first-order valence-electron chi connectivity index (χ1n) is 7.06. The van der Waals surface area contributed by atoms with Crippen LogP contribution < -0.4 is 11.1 Å². The van der Waals surface area contributed by atoms with E-state index in [9.17, 15) is 5.11 Å². The van der Waals surface area contributed by atoms with Crippen molar-refractivity contribution >= 4 is 29.9 Å². The summed E-state index contributed by atoms with van der Waals surface area (Å²) >= 11 is 0. The van der Waals surface area contributed by atoms with Gasteiger partial charge in [0.15, 0.2) is 5.96 Å². The molecule has 1 saturated carbocycles. The summed E-state index contributed by atoms with van der Waals surface area (Å²) in [5.41, 5.74) is 7.03. The predicted molar refractivity (Wildman–Crippen MR) is 93.7 cm³/mol. The Labute approximate surface area is 137 Å². The van der Waals surface area contributed by atoms with Crippen molar-refractivity contribution in [3.05, 3.63) is 29.8 Å². The average molecular weight is 389 g/mol. The highest BCUT2D eigenvalue weighted by atomic mass is 127. The molecule has 0 amide bonds. The number of phenols is 1. The summed E-state index contributed by atoms with van der Waals surface area (Å²) in [4.78, 5) is 4.35. The van der Waals surface area contributed by atoms with Gasteiger partial charge in [-0.15, -0.1) is 24.0 Å². The van der Waals surface area contributed by atoms with Gasteiger partial charge in [0.05, 0.1) is 0 Å². The minimum absolute atomic E-state index is 0. The summed E-state index contributed by atoms with van der Waals surface area (Å²) in [6.07, 6.45) is 5.93. The fourth-order valence-electron chi connectivity index (χ4n) is 2.13. The fourth-order valence-corrected chi connectivity index (χ4v) is 2.13. The van der Waals surface area contributed by atoms with E-state index in [-0.39, 0.29) is 24.0 Å². The molecule has 1 fully saturated rings. The van der Waals surface area contributed by atoms with Crippen LogP contribution in [0.15, 0.2) is 29.3 Å². The number of nitrogens with one attached hydrogen (secondary N) is 1. The van der Waals surface area contributed by atoms with Crippen LogP contribution in [0.25, 0.3) is 0 Å². The topological polar surface area (TPSA) is 70.6 Å². The van der Waals surface area contributed by atoms with Gasteiger partial charge in [-0.1, -0.05) is 18.6 Å². The molecule has 5 heteroatoms. The van der Waals surface area contributed by atoms with Gasteiger partial charge in [-0.25, -0.2) is 0 Å². The minimum Gasteiger partial charge on any atom is -0.508 e. The van der Waals surface area contributed by atoms with E-state index in [4.69, 9.17) is 5.73 Å². The van der Waals surface area contributed by atoms with Gasteiger partial charge in [0, 0.05) is 13.1 Å². The second-order valence-electron chi connectivity index (χ2n) is 5.22. The van der Waals surface area contributed by atoms with Crippen LogP contribution in [0.1, 0.15) is 31.2 Å². The van der Waals surface area contributed by atoms with E-state index < -0.39 is 0 Å². The van der Waals surface area contributed by atoms with Crippen LogP contribution in [-0.4, -0.2) is 24.2 Å². The molecule has 0 saturated heterocycles. The van der Waals surface area contributed by atoms with Crippen LogP contribution in [0.5, 0.6) is 5.75 Å². The van der Waals surface area contributed by atoms with Crippen LogP contribution >= 0.6 is 24.0 Å². The molecule has 112 valence electrons. The third-order valence-electron chi connectivity index (χ3n) is 3.63. The van der Waals surface area contributed by atoms with Crippen LogP contribution in [-0.2, 0) is 6.42 Å². The largest absolute Gasteiger partial charge is 0.508 e. The lowest BCUT2D eigenvalue weighted by atomic mass is 9.86. The van der Waals surface area contributed by atoms with Crippen molar-refractivity contribution < 1.29 is 5.11 Å². The molecule has 0 bridgehead atoms. The summed E-state index contributed by atoms with van der Waals surface area (Å²) < 4.78 is 0. The number of halogens is 1. The molecule has 0 unspecified atom stereocenters. The predicted octanol–water partition coefficient (Wildman–Crippen LogP) is 2.65. The molecule has 0 spiro atoms. The van der Waals surface area contributed by atoms with Gasteiger partial charge in [-0.05, 0) is 49.3 Å². The first-order chi connectivity index (χ1) is 9.24. The normalized spacial score (nSPS) is 15.3. The summed E-state index contributed by atoms with van der Waals surface area (Å²) in [6.45, 7) is 1.71.